The third-order valence-corrected chi connectivity index (χ3v) is 3.47. The van der Waals surface area contributed by atoms with Gasteiger partial charge in [0.05, 0.1) is 25.0 Å². The van der Waals surface area contributed by atoms with Crippen LogP contribution in [0.3, 0.4) is 0 Å². The first-order chi connectivity index (χ1) is 12.2. The van der Waals surface area contributed by atoms with Gasteiger partial charge in [-0.25, -0.2) is 4.79 Å². The number of carbonyl (C=O) groups excluding carboxylic acids is 2. The molecule has 25 heavy (non-hydrogen) atoms. The van der Waals surface area contributed by atoms with Crippen LogP contribution in [0.25, 0.3) is 0 Å². The largest absolute Gasteiger partial charge is 0.495 e. The van der Waals surface area contributed by atoms with E-state index in [4.69, 9.17) is 9.47 Å². The minimum Gasteiger partial charge on any atom is -0.495 e. The van der Waals surface area contributed by atoms with Crippen molar-refractivity contribution in [1.82, 2.24) is 0 Å². The van der Waals surface area contributed by atoms with Gasteiger partial charge in [0.1, 0.15) is 5.75 Å². The molecule has 0 spiro atoms. The molecule has 0 atom stereocenters. The SMILES string of the molecule is CCOC(=O)c1ccccc1NCCC(=O)Nc1ccccc1OC. The number of ether oxygens (including phenoxy) is 2. The Morgan fingerprint density at radius 1 is 1.00 bits per heavy atom. The standard InChI is InChI=1S/C19H22N2O4/c1-3-25-19(23)14-8-4-5-9-15(14)20-13-12-18(22)21-16-10-6-7-11-17(16)24-2/h4-11,20H,3,12-13H2,1-2H3,(H,21,22). The van der Waals surface area contributed by atoms with Gasteiger partial charge in [0.25, 0.3) is 0 Å². The molecule has 6 heteroatoms. The van der Waals surface area contributed by atoms with Crippen molar-refractivity contribution < 1.29 is 19.1 Å². The van der Waals surface area contributed by atoms with Gasteiger partial charge < -0.3 is 20.1 Å². The number of methoxy groups -OCH3 is 1. The van der Waals surface area contributed by atoms with E-state index in [0.29, 0.717) is 35.8 Å². The van der Waals surface area contributed by atoms with Crippen LogP contribution in [0.1, 0.15) is 23.7 Å². The van der Waals surface area contributed by atoms with Crippen molar-refractivity contribution in [1.29, 1.82) is 0 Å². The highest BCUT2D eigenvalue weighted by molar-refractivity contribution is 5.96. The van der Waals surface area contributed by atoms with Crippen LogP contribution >= 0.6 is 0 Å². The maximum atomic E-state index is 12.1. The van der Waals surface area contributed by atoms with E-state index >= 15 is 0 Å². The molecule has 132 valence electrons. The van der Waals surface area contributed by atoms with Crippen LogP contribution in [0, 0.1) is 0 Å². The third-order valence-electron chi connectivity index (χ3n) is 3.47. The molecule has 1 amide bonds. The molecule has 2 aromatic carbocycles. The molecule has 0 unspecified atom stereocenters. The molecule has 0 saturated heterocycles. The minimum absolute atomic E-state index is 0.148. The molecule has 2 rings (SSSR count). The summed E-state index contributed by atoms with van der Waals surface area (Å²) < 4.78 is 10.2. The maximum Gasteiger partial charge on any atom is 0.340 e. The summed E-state index contributed by atoms with van der Waals surface area (Å²) in [5.41, 5.74) is 1.72. The fourth-order valence-corrected chi connectivity index (χ4v) is 2.30. The predicted octanol–water partition coefficient (Wildman–Crippen LogP) is 3.31. The smallest absolute Gasteiger partial charge is 0.340 e. The van der Waals surface area contributed by atoms with Crippen LogP contribution in [0.5, 0.6) is 5.75 Å². The van der Waals surface area contributed by atoms with Crippen molar-refractivity contribution >= 4 is 23.3 Å². The number of anilines is 2. The van der Waals surface area contributed by atoms with Gasteiger partial charge in [-0.3, -0.25) is 4.79 Å². The molecule has 6 nitrogen and oxygen atoms in total. The summed E-state index contributed by atoms with van der Waals surface area (Å²) in [6.07, 6.45) is 0.245. The number of hydrogen-bond acceptors (Lipinski definition) is 5. The number of hydrogen-bond donors (Lipinski definition) is 2. The highest BCUT2D eigenvalue weighted by Crippen LogP contribution is 2.23. The summed E-state index contributed by atoms with van der Waals surface area (Å²) in [5, 5.41) is 5.91. The Morgan fingerprint density at radius 3 is 2.40 bits per heavy atom. The molecule has 0 radical (unpaired) electrons. The van der Waals surface area contributed by atoms with E-state index in [0.717, 1.165) is 0 Å². The highest BCUT2D eigenvalue weighted by atomic mass is 16.5. The van der Waals surface area contributed by atoms with Crippen molar-refractivity contribution in [3.8, 4) is 5.75 Å². The van der Waals surface area contributed by atoms with E-state index in [1.165, 1.54) is 0 Å². The van der Waals surface area contributed by atoms with Crippen LogP contribution in [0.2, 0.25) is 0 Å². The summed E-state index contributed by atoms with van der Waals surface area (Å²) in [6, 6.07) is 14.3. The molecule has 0 saturated carbocycles. The molecular formula is C19H22N2O4. The van der Waals surface area contributed by atoms with Gasteiger partial charge >= 0.3 is 5.97 Å². The molecule has 0 aliphatic rings. The molecule has 0 aliphatic heterocycles. The molecule has 0 aromatic heterocycles. The number of nitrogens with one attached hydrogen (secondary N) is 2. The Labute approximate surface area is 147 Å². The number of amides is 1. The van der Waals surface area contributed by atoms with E-state index in [1.54, 1.807) is 44.4 Å². The van der Waals surface area contributed by atoms with E-state index in [-0.39, 0.29) is 18.3 Å². The Balaban J connectivity index is 1.90. The van der Waals surface area contributed by atoms with Gasteiger partial charge in [0.2, 0.25) is 5.91 Å². The molecule has 2 aromatic rings. The van der Waals surface area contributed by atoms with Crippen LogP contribution in [-0.4, -0.2) is 32.1 Å². The lowest BCUT2D eigenvalue weighted by molar-refractivity contribution is -0.116. The van der Waals surface area contributed by atoms with Gasteiger partial charge in [0.15, 0.2) is 0 Å². The van der Waals surface area contributed by atoms with Gasteiger partial charge in [-0.15, -0.1) is 0 Å². The fourth-order valence-electron chi connectivity index (χ4n) is 2.30. The van der Waals surface area contributed by atoms with Crippen LogP contribution < -0.4 is 15.4 Å². The second kappa shape index (κ2) is 9.32. The van der Waals surface area contributed by atoms with Crippen molar-refractivity contribution in [3.05, 3.63) is 54.1 Å². The van der Waals surface area contributed by atoms with Crippen LogP contribution in [0.15, 0.2) is 48.5 Å². The first-order valence-electron chi connectivity index (χ1n) is 8.08. The third kappa shape index (κ3) is 5.24. The summed E-state index contributed by atoms with van der Waals surface area (Å²) in [7, 11) is 1.55. The van der Waals surface area contributed by atoms with Crippen molar-refractivity contribution in [2.75, 3.05) is 30.9 Å². The topological polar surface area (TPSA) is 76.7 Å². The quantitative estimate of drug-likeness (QED) is 0.720. The maximum absolute atomic E-state index is 12.1. The number of para-hydroxylation sites is 3. The Bertz CT molecular complexity index is 731. The number of rotatable bonds is 8. The fraction of sp³-hybridized carbons (Fsp3) is 0.263. The lowest BCUT2D eigenvalue weighted by Gasteiger charge is -2.12. The molecule has 0 bridgehead atoms. The lowest BCUT2D eigenvalue weighted by atomic mass is 10.1. The first-order valence-corrected chi connectivity index (χ1v) is 8.08. The summed E-state index contributed by atoms with van der Waals surface area (Å²) >= 11 is 0. The van der Waals surface area contributed by atoms with Gasteiger partial charge in [-0.05, 0) is 31.2 Å². The van der Waals surface area contributed by atoms with Crippen molar-refractivity contribution in [2.24, 2.45) is 0 Å². The number of carbonyl (C=O) groups is 2. The van der Waals surface area contributed by atoms with E-state index < -0.39 is 0 Å². The Kier molecular flexibility index (Phi) is 6.83. The normalized spacial score (nSPS) is 10.0. The zero-order valence-electron chi connectivity index (χ0n) is 14.4. The highest BCUT2D eigenvalue weighted by Gasteiger charge is 2.12. The van der Waals surface area contributed by atoms with Crippen molar-refractivity contribution in [3.63, 3.8) is 0 Å². The Hall–Kier alpha value is -3.02. The van der Waals surface area contributed by atoms with E-state index in [2.05, 4.69) is 10.6 Å². The second-order valence-corrected chi connectivity index (χ2v) is 5.19. The molecular weight excluding hydrogens is 320 g/mol. The monoisotopic (exact) mass is 342 g/mol. The van der Waals surface area contributed by atoms with Crippen LogP contribution in [-0.2, 0) is 9.53 Å². The average molecular weight is 342 g/mol. The molecule has 0 fully saturated rings. The minimum atomic E-state index is -0.385. The van der Waals surface area contributed by atoms with E-state index in [9.17, 15) is 9.59 Å². The molecule has 2 N–H and O–H groups in total. The summed E-state index contributed by atoms with van der Waals surface area (Å²) in [6.45, 7) is 2.46. The second-order valence-electron chi connectivity index (χ2n) is 5.19. The zero-order valence-corrected chi connectivity index (χ0v) is 14.4. The van der Waals surface area contributed by atoms with Gasteiger partial charge in [0, 0.05) is 18.7 Å². The van der Waals surface area contributed by atoms with E-state index in [1.807, 2.05) is 18.2 Å². The van der Waals surface area contributed by atoms with Crippen LogP contribution in [0.4, 0.5) is 11.4 Å². The predicted molar refractivity (Wildman–Crippen MR) is 97.1 cm³/mol. The first kappa shape index (κ1) is 18.3. The Morgan fingerprint density at radius 2 is 1.68 bits per heavy atom. The number of esters is 1. The average Bonchev–Trinajstić information content (AvgIpc) is 2.63. The molecule has 0 aliphatic carbocycles. The number of benzene rings is 2. The summed E-state index contributed by atoms with van der Waals surface area (Å²) in [5.74, 6) is 0.0751. The summed E-state index contributed by atoms with van der Waals surface area (Å²) in [4.78, 5) is 24.0. The van der Waals surface area contributed by atoms with Gasteiger partial charge in [-0.2, -0.15) is 0 Å². The molecule has 0 heterocycles. The lowest BCUT2D eigenvalue weighted by Crippen LogP contribution is -2.17. The zero-order chi connectivity index (χ0) is 18.1. The van der Waals surface area contributed by atoms with Crippen molar-refractivity contribution in [2.45, 2.75) is 13.3 Å². The van der Waals surface area contributed by atoms with Gasteiger partial charge in [-0.1, -0.05) is 24.3 Å².